The van der Waals surface area contributed by atoms with Gasteiger partial charge in [-0.3, -0.25) is 0 Å². The van der Waals surface area contributed by atoms with Gasteiger partial charge in [-0.2, -0.15) is 0 Å². The molecule has 0 aliphatic heterocycles. The van der Waals surface area contributed by atoms with E-state index in [1.807, 2.05) is 6.07 Å². The highest BCUT2D eigenvalue weighted by atomic mass is 32.1. The standard InChI is InChI=1S/C15H25NOS/c16-11-13(14-9-6-10-18-14)15(17)12-7-4-2-1-3-5-8-12/h6,9-10,12-13,15,17H,1-5,7-8,11,16H2. The Morgan fingerprint density at radius 1 is 1.22 bits per heavy atom. The Hall–Kier alpha value is -0.380. The molecule has 1 aromatic heterocycles. The minimum absolute atomic E-state index is 0.134. The zero-order chi connectivity index (χ0) is 12.8. The zero-order valence-corrected chi connectivity index (χ0v) is 11.9. The van der Waals surface area contributed by atoms with Crippen molar-refractivity contribution in [3.63, 3.8) is 0 Å². The molecular formula is C15H25NOS. The van der Waals surface area contributed by atoms with Crippen molar-refractivity contribution in [1.82, 2.24) is 0 Å². The third-order valence-electron chi connectivity index (χ3n) is 4.21. The van der Waals surface area contributed by atoms with E-state index in [9.17, 15) is 5.11 Å². The van der Waals surface area contributed by atoms with Crippen LogP contribution in [0.1, 0.15) is 55.7 Å². The summed E-state index contributed by atoms with van der Waals surface area (Å²) in [6.07, 6.45) is 8.64. The van der Waals surface area contributed by atoms with E-state index in [0.717, 1.165) is 0 Å². The molecule has 0 spiro atoms. The monoisotopic (exact) mass is 267 g/mol. The maximum absolute atomic E-state index is 10.6. The number of rotatable bonds is 4. The lowest BCUT2D eigenvalue weighted by atomic mass is 9.81. The molecule has 0 amide bonds. The van der Waals surface area contributed by atoms with E-state index >= 15 is 0 Å². The first-order valence-corrected chi connectivity index (χ1v) is 8.12. The van der Waals surface area contributed by atoms with Gasteiger partial charge in [0.2, 0.25) is 0 Å². The molecule has 0 aromatic carbocycles. The lowest BCUT2D eigenvalue weighted by Crippen LogP contribution is -2.32. The van der Waals surface area contributed by atoms with E-state index in [1.54, 1.807) is 11.3 Å². The smallest absolute Gasteiger partial charge is 0.0656 e. The largest absolute Gasteiger partial charge is 0.392 e. The Balaban J connectivity index is 2.00. The van der Waals surface area contributed by atoms with Gasteiger partial charge in [-0.1, -0.05) is 38.2 Å². The van der Waals surface area contributed by atoms with Gasteiger partial charge in [-0.25, -0.2) is 0 Å². The van der Waals surface area contributed by atoms with Gasteiger partial charge in [0.25, 0.3) is 0 Å². The third-order valence-corrected chi connectivity index (χ3v) is 5.21. The Morgan fingerprint density at radius 2 is 1.89 bits per heavy atom. The highest BCUT2D eigenvalue weighted by molar-refractivity contribution is 7.10. The maximum atomic E-state index is 10.6. The Kier molecular flexibility index (Phi) is 5.67. The van der Waals surface area contributed by atoms with Crippen molar-refractivity contribution in [2.24, 2.45) is 11.7 Å². The number of thiophene rings is 1. The Bertz CT molecular complexity index is 317. The first kappa shape index (κ1) is 14.0. The van der Waals surface area contributed by atoms with Gasteiger partial charge in [0.15, 0.2) is 0 Å². The summed E-state index contributed by atoms with van der Waals surface area (Å²) in [4.78, 5) is 1.24. The van der Waals surface area contributed by atoms with E-state index in [2.05, 4.69) is 11.4 Å². The molecular weight excluding hydrogens is 242 g/mol. The SMILES string of the molecule is NCC(c1cccs1)C(O)C1CCCCCCC1. The summed E-state index contributed by atoms with van der Waals surface area (Å²) in [5, 5.41) is 12.7. The molecule has 3 N–H and O–H groups in total. The fraction of sp³-hybridized carbons (Fsp3) is 0.733. The molecule has 3 heteroatoms. The van der Waals surface area contributed by atoms with Crippen LogP contribution in [0.25, 0.3) is 0 Å². The highest BCUT2D eigenvalue weighted by Crippen LogP contribution is 2.33. The number of nitrogens with two attached hydrogens (primary N) is 1. The summed E-state index contributed by atoms with van der Waals surface area (Å²) in [6.45, 7) is 0.554. The van der Waals surface area contributed by atoms with Gasteiger partial charge < -0.3 is 10.8 Å². The zero-order valence-electron chi connectivity index (χ0n) is 11.1. The van der Waals surface area contributed by atoms with Crippen LogP contribution in [-0.4, -0.2) is 17.8 Å². The fourth-order valence-corrected chi connectivity index (χ4v) is 3.97. The predicted molar refractivity (Wildman–Crippen MR) is 77.9 cm³/mol. The summed E-state index contributed by atoms with van der Waals surface area (Å²) in [5.41, 5.74) is 5.89. The van der Waals surface area contributed by atoms with Crippen LogP contribution < -0.4 is 5.73 Å². The molecule has 2 atom stereocenters. The highest BCUT2D eigenvalue weighted by Gasteiger charge is 2.28. The summed E-state index contributed by atoms with van der Waals surface area (Å²) in [7, 11) is 0. The van der Waals surface area contributed by atoms with Crippen LogP contribution in [0.2, 0.25) is 0 Å². The molecule has 102 valence electrons. The second-order valence-electron chi connectivity index (χ2n) is 5.45. The minimum Gasteiger partial charge on any atom is -0.392 e. The molecule has 2 unspecified atom stereocenters. The average Bonchev–Trinajstić information content (AvgIpc) is 2.83. The normalized spacial score (nSPS) is 22.1. The van der Waals surface area contributed by atoms with Crippen LogP contribution in [-0.2, 0) is 0 Å². The quantitative estimate of drug-likeness (QED) is 0.877. The second-order valence-corrected chi connectivity index (χ2v) is 6.43. The number of hydrogen-bond donors (Lipinski definition) is 2. The van der Waals surface area contributed by atoms with Gasteiger partial charge in [0, 0.05) is 17.3 Å². The van der Waals surface area contributed by atoms with Crippen molar-refractivity contribution in [2.45, 2.75) is 57.0 Å². The minimum atomic E-state index is -0.258. The summed E-state index contributed by atoms with van der Waals surface area (Å²) in [5.74, 6) is 0.579. The molecule has 1 fully saturated rings. The van der Waals surface area contributed by atoms with Crippen LogP contribution >= 0.6 is 11.3 Å². The van der Waals surface area contributed by atoms with Crippen molar-refractivity contribution in [3.8, 4) is 0 Å². The molecule has 0 bridgehead atoms. The van der Waals surface area contributed by atoms with Gasteiger partial charge in [0.1, 0.15) is 0 Å². The lowest BCUT2D eigenvalue weighted by molar-refractivity contribution is 0.0689. The molecule has 18 heavy (non-hydrogen) atoms. The Labute approximate surface area is 114 Å². The summed E-state index contributed by atoms with van der Waals surface area (Å²) < 4.78 is 0. The molecule has 0 saturated heterocycles. The number of aliphatic hydroxyl groups excluding tert-OH is 1. The van der Waals surface area contributed by atoms with Crippen molar-refractivity contribution in [3.05, 3.63) is 22.4 Å². The number of aliphatic hydroxyl groups is 1. The molecule has 1 aromatic rings. The van der Waals surface area contributed by atoms with E-state index in [1.165, 1.54) is 49.8 Å². The van der Waals surface area contributed by atoms with Crippen LogP contribution in [0.5, 0.6) is 0 Å². The average molecular weight is 267 g/mol. The third kappa shape index (κ3) is 3.56. The van der Waals surface area contributed by atoms with Crippen molar-refractivity contribution in [1.29, 1.82) is 0 Å². The summed E-state index contributed by atoms with van der Waals surface area (Å²) in [6, 6.07) is 4.15. The van der Waals surface area contributed by atoms with Crippen LogP contribution in [0.4, 0.5) is 0 Å². The molecule has 2 nitrogen and oxygen atoms in total. The molecule has 1 heterocycles. The summed E-state index contributed by atoms with van der Waals surface area (Å²) >= 11 is 1.72. The predicted octanol–water partition coefficient (Wildman–Crippen LogP) is 3.51. The molecule has 1 aliphatic rings. The first-order chi connectivity index (χ1) is 8.83. The van der Waals surface area contributed by atoms with Crippen molar-refractivity contribution >= 4 is 11.3 Å². The van der Waals surface area contributed by atoms with Crippen LogP contribution in [0.15, 0.2) is 17.5 Å². The van der Waals surface area contributed by atoms with Crippen LogP contribution in [0, 0.1) is 5.92 Å². The first-order valence-electron chi connectivity index (χ1n) is 7.24. The molecule has 1 aliphatic carbocycles. The Morgan fingerprint density at radius 3 is 2.44 bits per heavy atom. The van der Waals surface area contributed by atoms with Gasteiger partial charge in [-0.05, 0) is 30.2 Å². The van der Waals surface area contributed by atoms with E-state index < -0.39 is 0 Å². The van der Waals surface area contributed by atoms with Gasteiger partial charge in [0.05, 0.1) is 6.10 Å². The maximum Gasteiger partial charge on any atom is 0.0656 e. The second kappa shape index (κ2) is 7.27. The topological polar surface area (TPSA) is 46.2 Å². The van der Waals surface area contributed by atoms with Crippen molar-refractivity contribution < 1.29 is 5.11 Å². The molecule has 0 radical (unpaired) electrons. The van der Waals surface area contributed by atoms with Crippen molar-refractivity contribution in [2.75, 3.05) is 6.54 Å². The van der Waals surface area contributed by atoms with E-state index in [0.29, 0.717) is 12.5 Å². The van der Waals surface area contributed by atoms with E-state index in [-0.39, 0.29) is 12.0 Å². The van der Waals surface area contributed by atoms with Gasteiger partial charge in [-0.15, -0.1) is 11.3 Å². The van der Waals surface area contributed by atoms with Gasteiger partial charge >= 0.3 is 0 Å². The van der Waals surface area contributed by atoms with Crippen LogP contribution in [0.3, 0.4) is 0 Å². The number of hydrogen-bond acceptors (Lipinski definition) is 3. The fourth-order valence-electron chi connectivity index (χ4n) is 3.08. The molecule has 2 rings (SSSR count). The van der Waals surface area contributed by atoms with E-state index in [4.69, 9.17) is 5.73 Å². The molecule has 1 saturated carbocycles. The lowest BCUT2D eigenvalue weighted by Gasteiger charge is -2.30.